The Morgan fingerprint density at radius 2 is 1.46 bits per heavy atom. The van der Waals surface area contributed by atoms with Crippen molar-refractivity contribution in [3.05, 3.63) is 73.3 Å². The summed E-state index contributed by atoms with van der Waals surface area (Å²) in [6.45, 7) is 12.6. The van der Waals surface area contributed by atoms with Crippen LogP contribution in [0.4, 0.5) is 0 Å². The van der Waals surface area contributed by atoms with Gasteiger partial charge in [0.25, 0.3) is 8.32 Å². The molecule has 2 rings (SSSR count). The van der Waals surface area contributed by atoms with Crippen LogP contribution in [-0.2, 0) is 4.43 Å². The summed E-state index contributed by atoms with van der Waals surface area (Å²) < 4.78 is 6.94. The van der Waals surface area contributed by atoms with Crippen molar-refractivity contribution < 1.29 is 9.53 Å². The lowest BCUT2D eigenvalue weighted by Gasteiger charge is -2.45. The lowest BCUT2D eigenvalue weighted by Crippen LogP contribution is -2.67. The summed E-state index contributed by atoms with van der Waals surface area (Å²) in [4.78, 5) is 0. The number of aliphatic hydroxyl groups excluding tert-OH is 1. The summed E-state index contributed by atoms with van der Waals surface area (Å²) in [5, 5.41) is 12.7. The molecule has 2 aromatic rings. The van der Waals surface area contributed by atoms with Gasteiger partial charge in [0, 0.05) is 6.10 Å². The van der Waals surface area contributed by atoms with Gasteiger partial charge in [-0.3, -0.25) is 0 Å². The highest BCUT2D eigenvalue weighted by Crippen LogP contribution is 2.37. The number of aliphatic hydroxyl groups is 1. The highest BCUT2D eigenvalue weighted by Gasteiger charge is 2.51. The van der Waals surface area contributed by atoms with Crippen LogP contribution >= 0.6 is 0 Å². The van der Waals surface area contributed by atoms with E-state index in [2.05, 4.69) is 82.8 Å². The molecule has 0 saturated heterocycles. The first-order valence-corrected chi connectivity index (χ1v) is 11.3. The summed E-state index contributed by atoms with van der Waals surface area (Å²) in [6.07, 6.45) is 2.50. The molecule has 0 amide bonds. The lowest BCUT2D eigenvalue weighted by atomic mass is 10.1. The first-order valence-electron chi connectivity index (χ1n) is 9.39. The van der Waals surface area contributed by atoms with Gasteiger partial charge in [-0.25, -0.2) is 0 Å². The fourth-order valence-corrected chi connectivity index (χ4v) is 8.43. The van der Waals surface area contributed by atoms with Crippen LogP contribution in [0.15, 0.2) is 73.3 Å². The highest BCUT2D eigenvalue weighted by atomic mass is 28.4. The van der Waals surface area contributed by atoms with E-state index in [0.29, 0.717) is 12.8 Å². The smallest absolute Gasteiger partial charge is 0.261 e. The van der Waals surface area contributed by atoms with Gasteiger partial charge in [0.15, 0.2) is 0 Å². The molecule has 2 nitrogen and oxygen atoms in total. The van der Waals surface area contributed by atoms with E-state index in [1.165, 1.54) is 10.4 Å². The minimum atomic E-state index is -2.54. The molecule has 0 aromatic heterocycles. The van der Waals surface area contributed by atoms with Gasteiger partial charge in [-0.1, -0.05) is 87.5 Å². The number of rotatable bonds is 8. The van der Waals surface area contributed by atoms with E-state index in [9.17, 15) is 5.11 Å². The van der Waals surface area contributed by atoms with Crippen molar-refractivity contribution >= 4 is 18.7 Å². The Morgan fingerprint density at radius 1 is 1.00 bits per heavy atom. The molecule has 0 aliphatic heterocycles. The van der Waals surface area contributed by atoms with E-state index >= 15 is 0 Å². The monoisotopic (exact) mass is 368 g/mol. The molecule has 2 aromatic carbocycles. The quantitative estimate of drug-likeness (QED) is 0.557. The van der Waals surface area contributed by atoms with Crippen molar-refractivity contribution in [3.8, 4) is 0 Å². The van der Waals surface area contributed by atoms with Crippen molar-refractivity contribution in [1.29, 1.82) is 0 Å². The number of benzene rings is 2. The number of hydrogen-bond donors (Lipinski definition) is 1. The molecule has 0 bridgehead atoms. The van der Waals surface area contributed by atoms with Crippen LogP contribution < -0.4 is 10.4 Å². The van der Waals surface area contributed by atoms with Crippen LogP contribution in [0.1, 0.15) is 40.5 Å². The van der Waals surface area contributed by atoms with E-state index in [-0.39, 0.29) is 11.1 Å². The van der Waals surface area contributed by atoms with Gasteiger partial charge in [0.1, 0.15) is 0 Å². The average Bonchev–Trinajstić information content (AvgIpc) is 2.60. The van der Waals surface area contributed by atoms with Crippen molar-refractivity contribution in [3.63, 3.8) is 0 Å². The summed E-state index contributed by atoms with van der Waals surface area (Å²) in [5.74, 6) is 0. The summed E-state index contributed by atoms with van der Waals surface area (Å²) in [6, 6.07) is 21.2. The number of hydrogen-bond acceptors (Lipinski definition) is 2. The van der Waals surface area contributed by atoms with Gasteiger partial charge in [0.05, 0.1) is 6.10 Å². The third-order valence-electron chi connectivity index (χ3n) is 4.84. The molecule has 0 saturated carbocycles. The first kappa shape index (κ1) is 20.6. The molecular weight excluding hydrogens is 336 g/mol. The molecule has 0 fully saturated rings. The SMILES string of the molecule is C=CC[C@H](O)C[C@H](C)O[Si](c1ccccc1)(c1ccccc1)C(C)(C)C. The van der Waals surface area contributed by atoms with Gasteiger partial charge < -0.3 is 9.53 Å². The summed E-state index contributed by atoms with van der Waals surface area (Å²) in [7, 11) is -2.54. The van der Waals surface area contributed by atoms with Crippen molar-refractivity contribution in [1.82, 2.24) is 0 Å². The minimum Gasteiger partial charge on any atom is -0.405 e. The Kier molecular flexibility index (Phi) is 6.99. The van der Waals surface area contributed by atoms with Crippen molar-refractivity contribution in [2.45, 2.75) is 57.8 Å². The van der Waals surface area contributed by atoms with Gasteiger partial charge in [-0.2, -0.15) is 0 Å². The molecule has 0 spiro atoms. The molecule has 0 heterocycles. The first-order chi connectivity index (χ1) is 12.3. The van der Waals surface area contributed by atoms with E-state index in [1.807, 2.05) is 12.1 Å². The van der Waals surface area contributed by atoms with Crippen LogP contribution in [0, 0.1) is 0 Å². The maximum absolute atomic E-state index is 10.2. The minimum absolute atomic E-state index is 0.0451. The van der Waals surface area contributed by atoms with E-state index < -0.39 is 14.4 Å². The second-order valence-electron chi connectivity index (χ2n) is 8.01. The van der Waals surface area contributed by atoms with Crippen LogP contribution in [0.3, 0.4) is 0 Å². The fourth-order valence-electron chi connectivity index (χ4n) is 3.71. The Balaban J connectivity index is 2.52. The standard InChI is InChI=1S/C23H32O2Si/c1-6-13-20(24)18-19(2)25-26(23(3,4)5,21-14-9-7-10-15-21)22-16-11-8-12-17-22/h6-12,14-17,19-20,24H,1,13,18H2,2-5H3/t19-,20-/m0/s1. The van der Waals surface area contributed by atoms with E-state index in [1.54, 1.807) is 6.08 Å². The Labute approximate surface area is 159 Å². The van der Waals surface area contributed by atoms with Gasteiger partial charge in [-0.05, 0) is 35.2 Å². The molecule has 26 heavy (non-hydrogen) atoms. The van der Waals surface area contributed by atoms with E-state index in [0.717, 1.165) is 0 Å². The molecule has 0 radical (unpaired) electrons. The normalized spacial score (nSPS) is 14.7. The molecule has 1 N–H and O–H groups in total. The van der Waals surface area contributed by atoms with Gasteiger partial charge in [0.2, 0.25) is 0 Å². The molecule has 0 unspecified atom stereocenters. The molecule has 0 aliphatic carbocycles. The molecule has 140 valence electrons. The average molecular weight is 369 g/mol. The van der Waals surface area contributed by atoms with Crippen molar-refractivity contribution in [2.75, 3.05) is 0 Å². The second-order valence-corrected chi connectivity index (χ2v) is 12.3. The van der Waals surface area contributed by atoms with Crippen LogP contribution in [0.5, 0.6) is 0 Å². The van der Waals surface area contributed by atoms with Crippen LogP contribution in [0.25, 0.3) is 0 Å². The van der Waals surface area contributed by atoms with Gasteiger partial charge >= 0.3 is 0 Å². The third-order valence-corrected chi connectivity index (χ3v) is 10.00. The zero-order valence-electron chi connectivity index (χ0n) is 16.5. The Bertz CT molecular complexity index is 637. The predicted octanol–water partition coefficient (Wildman–Crippen LogP) is 4.28. The molecule has 0 aliphatic rings. The summed E-state index contributed by atoms with van der Waals surface area (Å²) in [5.41, 5.74) is 0. The maximum atomic E-state index is 10.2. The molecule has 2 atom stereocenters. The zero-order chi connectivity index (χ0) is 19.2. The van der Waals surface area contributed by atoms with Gasteiger partial charge in [-0.15, -0.1) is 6.58 Å². The molecule has 3 heteroatoms. The zero-order valence-corrected chi connectivity index (χ0v) is 17.5. The summed E-state index contributed by atoms with van der Waals surface area (Å²) >= 11 is 0. The Morgan fingerprint density at radius 3 is 1.85 bits per heavy atom. The lowest BCUT2D eigenvalue weighted by molar-refractivity contribution is 0.0997. The maximum Gasteiger partial charge on any atom is 0.261 e. The molecular formula is C23H32O2Si. The fraction of sp³-hybridized carbons (Fsp3) is 0.391. The highest BCUT2D eigenvalue weighted by molar-refractivity contribution is 6.99. The predicted molar refractivity (Wildman–Crippen MR) is 114 cm³/mol. The largest absolute Gasteiger partial charge is 0.405 e. The van der Waals surface area contributed by atoms with Crippen molar-refractivity contribution in [2.24, 2.45) is 0 Å². The third kappa shape index (κ3) is 4.53. The van der Waals surface area contributed by atoms with Crippen LogP contribution in [-0.4, -0.2) is 25.6 Å². The Hall–Kier alpha value is -1.68. The second kappa shape index (κ2) is 8.80. The topological polar surface area (TPSA) is 29.5 Å². The van der Waals surface area contributed by atoms with Crippen LogP contribution in [0.2, 0.25) is 5.04 Å². The van der Waals surface area contributed by atoms with E-state index in [4.69, 9.17) is 4.43 Å².